The second-order valence-electron chi connectivity index (χ2n) is 12.3. The van der Waals surface area contributed by atoms with Crippen molar-refractivity contribution < 1.29 is 28.6 Å². The van der Waals surface area contributed by atoms with Crippen LogP contribution in [0, 0.1) is 11.3 Å². The van der Waals surface area contributed by atoms with Gasteiger partial charge in [0.25, 0.3) is 11.8 Å². The number of hydrogen-bond acceptors (Lipinski definition) is 9. The van der Waals surface area contributed by atoms with E-state index < -0.39 is 11.8 Å². The van der Waals surface area contributed by atoms with Gasteiger partial charge in [-0.25, -0.2) is 0 Å². The number of carbonyl (C=O) groups is 3. The van der Waals surface area contributed by atoms with Crippen LogP contribution in [0.4, 0.5) is 10.7 Å². The van der Waals surface area contributed by atoms with Gasteiger partial charge in [0, 0.05) is 21.0 Å². The van der Waals surface area contributed by atoms with Gasteiger partial charge in [0.15, 0.2) is 11.5 Å². The molecule has 4 aromatic carbocycles. The van der Waals surface area contributed by atoms with Crippen molar-refractivity contribution in [3.05, 3.63) is 135 Å². The third-order valence-electron chi connectivity index (χ3n) is 8.89. The largest absolute Gasteiger partial charge is 0.493 e. The molecule has 0 bridgehead atoms. The molecule has 0 saturated heterocycles. The molecular weight excluding hydrogens is 721 g/mol. The predicted molar refractivity (Wildman–Crippen MR) is 213 cm³/mol. The highest BCUT2D eigenvalue weighted by molar-refractivity contribution is 8.00. The number of carbonyl (C=O) groups excluding carboxylic acids is 3. The highest BCUT2D eigenvalue weighted by Crippen LogP contribution is 2.42. The molecule has 0 aliphatic heterocycles. The highest BCUT2D eigenvalue weighted by atomic mass is 32.2. The summed E-state index contributed by atoms with van der Waals surface area (Å²) in [7, 11) is 4.47. The molecule has 0 radical (unpaired) electrons. The summed E-state index contributed by atoms with van der Waals surface area (Å²) >= 11 is 2.79. The smallest absolute Gasteiger partial charge is 0.272 e. The standard InChI is InChI=1S/C42H38N4O6S2/c1-50-35-20-26(21-36(51-2)39(35)52-3)19-34(45-40(48)28-13-8-5-9-14-28)41(49)44-30-15-10-16-31(23-30)53-25-38(47)46-42-33(24-43)32-18-17-29(22-37(32)54-42)27-11-6-4-7-12-27/h4-16,19-21,23,29H,17-18,22,25H2,1-3H3,(H,44,49)(H,45,48)(H,46,47)/b34-19+. The number of nitriles is 1. The Kier molecular flexibility index (Phi) is 12.3. The first-order chi connectivity index (χ1) is 26.3. The first kappa shape index (κ1) is 37.7. The maximum atomic E-state index is 13.8. The Morgan fingerprint density at radius 1 is 0.889 bits per heavy atom. The number of ether oxygens (including phenoxy) is 3. The lowest BCUT2D eigenvalue weighted by molar-refractivity contribution is -0.114. The summed E-state index contributed by atoms with van der Waals surface area (Å²) in [6.07, 6.45) is 4.12. The second kappa shape index (κ2) is 17.7. The topological polar surface area (TPSA) is 139 Å². The monoisotopic (exact) mass is 758 g/mol. The van der Waals surface area contributed by atoms with Crippen molar-refractivity contribution in [2.75, 3.05) is 37.7 Å². The van der Waals surface area contributed by atoms with E-state index in [4.69, 9.17) is 14.2 Å². The Balaban J connectivity index is 1.15. The Labute approximate surface area is 322 Å². The molecule has 5 aromatic rings. The van der Waals surface area contributed by atoms with Crippen LogP contribution in [0.2, 0.25) is 0 Å². The van der Waals surface area contributed by atoms with Crippen LogP contribution in [0.3, 0.4) is 0 Å². The van der Waals surface area contributed by atoms with Crippen molar-refractivity contribution in [3.63, 3.8) is 0 Å². The number of benzene rings is 4. The highest BCUT2D eigenvalue weighted by Gasteiger charge is 2.27. The summed E-state index contributed by atoms with van der Waals surface area (Å²) in [6.45, 7) is 0. The summed E-state index contributed by atoms with van der Waals surface area (Å²) in [6, 6.07) is 31.7. The van der Waals surface area contributed by atoms with E-state index in [0.717, 1.165) is 34.6 Å². The minimum absolute atomic E-state index is 0.0300. The fourth-order valence-corrected chi connectivity index (χ4v) is 8.32. The number of nitrogens with zero attached hydrogens (tertiary/aromatic N) is 1. The van der Waals surface area contributed by atoms with Gasteiger partial charge in [-0.2, -0.15) is 5.26 Å². The number of amides is 3. The lowest BCUT2D eigenvalue weighted by Gasteiger charge is -2.22. The number of rotatable bonds is 13. The van der Waals surface area contributed by atoms with Gasteiger partial charge in [-0.3, -0.25) is 14.4 Å². The molecule has 274 valence electrons. The predicted octanol–water partition coefficient (Wildman–Crippen LogP) is 8.06. The molecule has 0 spiro atoms. The maximum absolute atomic E-state index is 13.8. The van der Waals surface area contributed by atoms with Crippen molar-refractivity contribution in [3.8, 4) is 23.3 Å². The molecule has 3 N–H and O–H groups in total. The Morgan fingerprint density at radius 2 is 1.59 bits per heavy atom. The molecule has 1 unspecified atom stereocenters. The van der Waals surface area contributed by atoms with Crippen molar-refractivity contribution in [1.82, 2.24) is 5.32 Å². The molecule has 12 heteroatoms. The van der Waals surface area contributed by atoms with E-state index in [0.29, 0.717) is 50.5 Å². The average Bonchev–Trinajstić information content (AvgIpc) is 3.55. The summed E-state index contributed by atoms with van der Waals surface area (Å²) < 4.78 is 16.4. The first-order valence-electron chi connectivity index (χ1n) is 17.1. The fraction of sp³-hybridized carbons (Fsp3) is 0.190. The van der Waals surface area contributed by atoms with Crippen molar-refractivity contribution in [2.24, 2.45) is 0 Å². The van der Waals surface area contributed by atoms with Crippen LogP contribution in [0.25, 0.3) is 6.08 Å². The van der Waals surface area contributed by atoms with Gasteiger partial charge in [0.05, 0.1) is 32.6 Å². The van der Waals surface area contributed by atoms with E-state index in [1.165, 1.54) is 56.1 Å². The molecule has 1 aliphatic rings. The van der Waals surface area contributed by atoms with Gasteiger partial charge < -0.3 is 30.2 Å². The number of nitrogens with one attached hydrogen (secondary N) is 3. The van der Waals surface area contributed by atoms with Crippen molar-refractivity contribution in [1.29, 1.82) is 5.26 Å². The quantitative estimate of drug-likeness (QED) is 0.0810. The van der Waals surface area contributed by atoms with Crippen LogP contribution in [0.15, 0.2) is 108 Å². The van der Waals surface area contributed by atoms with E-state index in [9.17, 15) is 19.6 Å². The molecule has 1 atom stereocenters. The second-order valence-corrected chi connectivity index (χ2v) is 14.5. The van der Waals surface area contributed by atoms with Crippen LogP contribution >= 0.6 is 23.1 Å². The number of thiophene rings is 1. The molecule has 1 aromatic heterocycles. The van der Waals surface area contributed by atoms with Crippen molar-refractivity contribution in [2.45, 2.75) is 30.1 Å². The van der Waals surface area contributed by atoms with Gasteiger partial charge in [0.1, 0.15) is 16.8 Å². The minimum Gasteiger partial charge on any atom is -0.493 e. The van der Waals surface area contributed by atoms with Crippen LogP contribution in [0.1, 0.15) is 49.8 Å². The Hall–Kier alpha value is -6.03. The summed E-state index contributed by atoms with van der Waals surface area (Å²) in [5.41, 5.74) is 4.20. The SMILES string of the molecule is COc1cc(/C=C(/NC(=O)c2ccccc2)C(=O)Nc2cccc(SCC(=O)Nc3sc4c(c3C#N)CCC(c3ccccc3)C4)c2)cc(OC)c1OC. The van der Waals surface area contributed by atoms with Crippen LogP contribution in [-0.4, -0.2) is 44.8 Å². The summed E-state index contributed by atoms with van der Waals surface area (Å²) in [5, 5.41) is 19.2. The van der Waals surface area contributed by atoms with Gasteiger partial charge in [0.2, 0.25) is 11.7 Å². The zero-order chi connectivity index (χ0) is 38.0. The van der Waals surface area contributed by atoms with Gasteiger partial charge in [-0.15, -0.1) is 23.1 Å². The van der Waals surface area contributed by atoms with E-state index >= 15 is 0 Å². The zero-order valence-corrected chi connectivity index (χ0v) is 31.6. The molecule has 0 saturated carbocycles. The number of hydrogen-bond donors (Lipinski definition) is 3. The fourth-order valence-electron chi connectivity index (χ4n) is 6.27. The van der Waals surface area contributed by atoms with Crippen molar-refractivity contribution >= 4 is 57.6 Å². The summed E-state index contributed by atoms with van der Waals surface area (Å²) in [5.74, 6) is 0.346. The minimum atomic E-state index is -0.576. The van der Waals surface area contributed by atoms with E-state index in [2.05, 4.69) is 34.2 Å². The van der Waals surface area contributed by atoms with Gasteiger partial charge in [-0.1, -0.05) is 54.6 Å². The molecule has 1 aliphatic carbocycles. The molecule has 10 nitrogen and oxygen atoms in total. The first-order valence-corrected chi connectivity index (χ1v) is 18.9. The third kappa shape index (κ3) is 8.94. The van der Waals surface area contributed by atoms with E-state index in [-0.39, 0.29) is 17.4 Å². The summed E-state index contributed by atoms with van der Waals surface area (Å²) in [4.78, 5) is 42.0. The molecule has 54 heavy (non-hydrogen) atoms. The van der Waals surface area contributed by atoms with E-state index in [1.807, 2.05) is 24.3 Å². The van der Waals surface area contributed by atoms with Crippen LogP contribution in [-0.2, 0) is 22.4 Å². The Morgan fingerprint density at radius 3 is 2.26 bits per heavy atom. The Bertz CT molecular complexity index is 2210. The van der Waals surface area contributed by atoms with Gasteiger partial charge in [-0.05, 0) is 90.4 Å². The lowest BCUT2D eigenvalue weighted by atomic mass is 9.83. The number of methoxy groups -OCH3 is 3. The molecule has 0 fully saturated rings. The van der Waals surface area contributed by atoms with Gasteiger partial charge >= 0.3 is 0 Å². The molecule has 3 amide bonds. The normalized spacial score (nSPS) is 13.5. The molecule has 6 rings (SSSR count). The lowest BCUT2D eigenvalue weighted by Crippen LogP contribution is -2.30. The number of thioether (sulfide) groups is 1. The zero-order valence-electron chi connectivity index (χ0n) is 29.9. The molecule has 1 heterocycles. The average molecular weight is 759 g/mol. The maximum Gasteiger partial charge on any atom is 0.272 e. The van der Waals surface area contributed by atoms with E-state index in [1.54, 1.807) is 60.7 Å². The van der Waals surface area contributed by atoms with Crippen LogP contribution in [0.5, 0.6) is 17.2 Å². The number of fused-ring (bicyclic) bond motifs is 1. The van der Waals surface area contributed by atoms with Crippen LogP contribution < -0.4 is 30.2 Å². The third-order valence-corrected chi connectivity index (χ3v) is 11.1. The molecular formula is C42H38N4O6S2. The number of anilines is 2.